The van der Waals surface area contributed by atoms with E-state index in [4.69, 9.17) is 0 Å². The number of fused-ring (bicyclic) bond motifs is 1. The fourth-order valence-corrected chi connectivity index (χ4v) is 8.69. The van der Waals surface area contributed by atoms with E-state index in [0.29, 0.717) is 30.6 Å². The average molecular weight is 495 g/mol. The van der Waals surface area contributed by atoms with Crippen LogP contribution in [0.25, 0.3) is 0 Å². The lowest BCUT2D eigenvalue weighted by atomic mass is 9.83. The van der Waals surface area contributed by atoms with Crippen molar-refractivity contribution in [2.75, 3.05) is 26.2 Å². The first-order valence-corrected chi connectivity index (χ1v) is 14.7. The number of halogens is 1. The summed E-state index contributed by atoms with van der Waals surface area (Å²) >= 11 is 0. The Balaban J connectivity index is 1.24. The molecule has 0 N–H and O–H groups in total. The van der Waals surface area contributed by atoms with E-state index in [2.05, 4.69) is 41.8 Å². The van der Waals surface area contributed by atoms with Crippen LogP contribution in [0.2, 0.25) is 0 Å². The standard InChI is InChI=1S/C29H35FN2O2S/c1-2-29(21-10-6-11-21)35(33,34)32-18-23(19-32)25-17-24-22(15-27(25)30)16-28(31-12-7-13-31)26(24)14-20-8-4-3-5-9-20/h2-5,8-9,15,17,21,23,26,28-29H,1,6-7,10-14,16,18-19H2. The molecule has 2 aromatic carbocycles. The third kappa shape index (κ3) is 4.08. The highest BCUT2D eigenvalue weighted by Crippen LogP contribution is 2.44. The normalized spacial score (nSPS) is 26.4. The molecule has 0 aromatic heterocycles. The first-order valence-electron chi connectivity index (χ1n) is 13.2. The van der Waals surface area contributed by atoms with E-state index in [1.165, 1.54) is 17.5 Å². The molecule has 3 atom stereocenters. The summed E-state index contributed by atoms with van der Waals surface area (Å²) in [5.41, 5.74) is 4.40. The average Bonchev–Trinajstić information content (AvgIpc) is 3.05. The highest BCUT2D eigenvalue weighted by atomic mass is 32.2. The minimum atomic E-state index is -3.42. The summed E-state index contributed by atoms with van der Waals surface area (Å²) in [7, 11) is -3.42. The van der Waals surface area contributed by atoms with Crippen LogP contribution in [0.1, 0.15) is 59.8 Å². The van der Waals surface area contributed by atoms with E-state index in [1.807, 2.05) is 6.07 Å². The van der Waals surface area contributed by atoms with Gasteiger partial charge in [-0.2, -0.15) is 0 Å². The van der Waals surface area contributed by atoms with Crippen molar-refractivity contribution < 1.29 is 12.8 Å². The van der Waals surface area contributed by atoms with Crippen molar-refractivity contribution in [1.82, 2.24) is 9.21 Å². The molecule has 2 aromatic rings. The van der Waals surface area contributed by atoms with Gasteiger partial charge in [0.25, 0.3) is 0 Å². The fraction of sp³-hybridized carbons (Fsp3) is 0.517. The van der Waals surface area contributed by atoms with E-state index >= 15 is 4.39 Å². The highest BCUT2D eigenvalue weighted by molar-refractivity contribution is 7.90. The van der Waals surface area contributed by atoms with Crippen molar-refractivity contribution in [1.29, 1.82) is 0 Å². The van der Waals surface area contributed by atoms with Crippen molar-refractivity contribution in [3.63, 3.8) is 0 Å². The van der Waals surface area contributed by atoms with Crippen LogP contribution in [0.3, 0.4) is 0 Å². The van der Waals surface area contributed by atoms with Gasteiger partial charge in [-0.3, -0.25) is 4.90 Å². The lowest BCUT2D eigenvalue weighted by Crippen LogP contribution is -2.53. The third-order valence-electron chi connectivity index (χ3n) is 9.05. The lowest BCUT2D eigenvalue weighted by molar-refractivity contribution is 0.106. The van der Waals surface area contributed by atoms with Gasteiger partial charge in [-0.15, -0.1) is 6.58 Å². The van der Waals surface area contributed by atoms with Gasteiger partial charge >= 0.3 is 0 Å². The van der Waals surface area contributed by atoms with Gasteiger partial charge in [0.2, 0.25) is 10.0 Å². The van der Waals surface area contributed by atoms with Crippen LogP contribution in [0.15, 0.2) is 55.1 Å². The molecule has 2 heterocycles. The summed E-state index contributed by atoms with van der Waals surface area (Å²) in [6.07, 6.45) is 7.69. The Morgan fingerprint density at radius 2 is 1.80 bits per heavy atom. The molecule has 2 aliphatic heterocycles. The van der Waals surface area contributed by atoms with E-state index < -0.39 is 15.3 Å². The molecule has 3 unspecified atom stereocenters. The zero-order valence-electron chi connectivity index (χ0n) is 20.3. The molecule has 4 aliphatic rings. The molecule has 0 radical (unpaired) electrons. The number of rotatable bonds is 8. The molecule has 4 nitrogen and oxygen atoms in total. The molecule has 3 fully saturated rings. The molecule has 35 heavy (non-hydrogen) atoms. The molecule has 6 heteroatoms. The molecule has 0 spiro atoms. The smallest absolute Gasteiger partial charge is 0.220 e. The number of sulfonamides is 1. The molecule has 1 saturated carbocycles. The Hall–Kier alpha value is -2.02. The van der Waals surface area contributed by atoms with Gasteiger partial charge in [0.15, 0.2) is 0 Å². The van der Waals surface area contributed by atoms with Crippen LogP contribution in [0.4, 0.5) is 4.39 Å². The molecular formula is C29H35FN2O2S. The second kappa shape index (κ2) is 9.13. The lowest BCUT2D eigenvalue weighted by Gasteiger charge is -2.43. The second-order valence-corrected chi connectivity index (χ2v) is 13.1. The number of hydrogen-bond acceptors (Lipinski definition) is 3. The Labute approximate surface area is 208 Å². The maximum atomic E-state index is 15.3. The quantitative estimate of drug-likeness (QED) is 0.492. The minimum Gasteiger partial charge on any atom is -0.299 e. The van der Waals surface area contributed by atoms with E-state index in [9.17, 15) is 8.42 Å². The topological polar surface area (TPSA) is 40.6 Å². The van der Waals surface area contributed by atoms with Crippen molar-refractivity contribution in [3.8, 4) is 0 Å². The maximum Gasteiger partial charge on any atom is 0.220 e. The van der Waals surface area contributed by atoms with E-state index in [0.717, 1.165) is 50.8 Å². The molecule has 6 rings (SSSR count). The first-order chi connectivity index (χ1) is 17.0. The van der Waals surface area contributed by atoms with Gasteiger partial charge < -0.3 is 0 Å². The van der Waals surface area contributed by atoms with Crippen molar-refractivity contribution in [2.45, 2.75) is 61.7 Å². The van der Waals surface area contributed by atoms with Gasteiger partial charge in [0.1, 0.15) is 5.82 Å². The van der Waals surface area contributed by atoms with Gasteiger partial charge in [-0.1, -0.05) is 48.9 Å². The molecular weight excluding hydrogens is 459 g/mol. The van der Waals surface area contributed by atoms with Gasteiger partial charge in [-0.05, 0) is 79.4 Å². The van der Waals surface area contributed by atoms with Gasteiger partial charge in [0.05, 0.1) is 5.25 Å². The Morgan fingerprint density at radius 3 is 2.40 bits per heavy atom. The van der Waals surface area contributed by atoms with Crippen LogP contribution in [0, 0.1) is 11.7 Å². The maximum absolute atomic E-state index is 15.3. The molecule has 2 saturated heterocycles. The molecule has 0 amide bonds. The largest absolute Gasteiger partial charge is 0.299 e. The summed E-state index contributed by atoms with van der Waals surface area (Å²) < 4.78 is 43.3. The summed E-state index contributed by atoms with van der Waals surface area (Å²) in [5.74, 6) is 0.274. The minimum absolute atomic E-state index is 0.0811. The zero-order chi connectivity index (χ0) is 24.2. The van der Waals surface area contributed by atoms with Crippen LogP contribution in [0.5, 0.6) is 0 Å². The fourth-order valence-electron chi connectivity index (χ4n) is 6.57. The van der Waals surface area contributed by atoms with Crippen molar-refractivity contribution in [2.24, 2.45) is 5.92 Å². The van der Waals surface area contributed by atoms with E-state index in [1.54, 1.807) is 16.4 Å². The zero-order valence-corrected chi connectivity index (χ0v) is 21.1. The van der Waals surface area contributed by atoms with E-state index in [-0.39, 0.29) is 17.7 Å². The predicted molar refractivity (Wildman–Crippen MR) is 138 cm³/mol. The summed E-state index contributed by atoms with van der Waals surface area (Å²) in [5, 5.41) is -0.505. The summed E-state index contributed by atoms with van der Waals surface area (Å²) in [6, 6.07) is 14.8. The number of nitrogens with zero attached hydrogens (tertiary/aromatic N) is 2. The van der Waals surface area contributed by atoms with Crippen LogP contribution < -0.4 is 0 Å². The second-order valence-electron chi connectivity index (χ2n) is 11.0. The van der Waals surface area contributed by atoms with Gasteiger partial charge in [-0.25, -0.2) is 17.1 Å². The predicted octanol–water partition coefficient (Wildman–Crippen LogP) is 4.87. The van der Waals surface area contributed by atoms with Gasteiger partial charge in [0, 0.05) is 31.0 Å². The summed E-state index contributed by atoms with van der Waals surface area (Å²) in [6.45, 7) is 6.80. The number of benzene rings is 2. The van der Waals surface area contributed by atoms with Crippen molar-refractivity contribution >= 4 is 10.0 Å². The Morgan fingerprint density at radius 1 is 1.06 bits per heavy atom. The Bertz CT molecular complexity index is 1200. The van der Waals surface area contributed by atoms with Crippen LogP contribution in [-0.2, 0) is 22.9 Å². The first kappa shape index (κ1) is 23.4. The monoisotopic (exact) mass is 494 g/mol. The molecule has 186 valence electrons. The third-order valence-corrected chi connectivity index (χ3v) is 11.3. The molecule has 2 aliphatic carbocycles. The van der Waals surface area contributed by atoms with Crippen LogP contribution in [-0.4, -0.2) is 55.1 Å². The molecule has 0 bridgehead atoms. The highest BCUT2D eigenvalue weighted by Gasteiger charge is 2.45. The number of likely N-dealkylation sites (tertiary alicyclic amines) is 1. The number of hydrogen-bond donors (Lipinski definition) is 0. The summed E-state index contributed by atoms with van der Waals surface area (Å²) in [4.78, 5) is 2.55. The Kier molecular flexibility index (Phi) is 6.10. The van der Waals surface area contributed by atoms with Crippen LogP contribution >= 0.6 is 0 Å². The SMILES string of the molecule is C=CC(C1CCC1)S(=O)(=O)N1CC(c2cc3c(cc2F)CC(N2CCC2)C3Cc2ccccc2)C1. The van der Waals surface area contributed by atoms with Crippen molar-refractivity contribution in [3.05, 3.63) is 83.2 Å².